The Labute approximate surface area is 129 Å². The van der Waals surface area contributed by atoms with E-state index in [0.29, 0.717) is 5.92 Å². The molecule has 1 saturated carbocycles. The lowest BCUT2D eigenvalue weighted by Gasteiger charge is -2.24. The second kappa shape index (κ2) is 7.79. The molecular weight excluding hydrogens is 260 g/mol. The van der Waals surface area contributed by atoms with E-state index < -0.39 is 0 Å². The van der Waals surface area contributed by atoms with E-state index in [2.05, 4.69) is 26.1 Å². The molecule has 1 atom stereocenters. The largest absolute Gasteiger partial charge is 0.496 e. The van der Waals surface area contributed by atoms with Gasteiger partial charge in [0.25, 0.3) is 0 Å². The molecule has 0 aromatic carbocycles. The van der Waals surface area contributed by atoms with Gasteiger partial charge in [-0.25, -0.2) is 0 Å². The molecule has 21 heavy (non-hydrogen) atoms. The van der Waals surface area contributed by atoms with Gasteiger partial charge in [0.2, 0.25) is 0 Å². The number of rotatable bonds is 7. The molecular formula is C18H30N2O. The normalized spacial score (nSPS) is 17.1. The summed E-state index contributed by atoms with van der Waals surface area (Å²) in [6, 6.07) is 0. The molecule has 3 nitrogen and oxygen atoms in total. The van der Waals surface area contributed by atoms with Crippen molar-refractivity contribution in [2.75, 3.05) is 20.2 Å². The molecule has 1 aromatic rings. The van der Waals surface area contributed by atoms with Crippen molar-refractivity contribution in [3.8, 4) is 5.75 Å². The minimum absolute atomic E-state index is 0.700. The van der Waals surface area contributed by atoms with Crippen molar-refractivity contribution in [1.82, 2.24) is 10.3 Å². The van der Waals surface area contributed by atoms with Gasteiger partial charge in [-0.05, 0) is 45.2 Å². The Hall–Kier alpha value is -1.09. The van der Waals surface area contributed by atoms with Crippen molar-refractivity contribution < 1.29 is 4.74 Å². The maximum absolute atomic E-state index is 5.55. The van der Waals surface area contributed by atoms with Gasteiger partial charge in [0.05, 0.1) is 7.11 Å². The van der Waals surface area contributed by atoms with E-state index in [1.54, 1.807) is 7.11 Å². The third-order valence-corrected chi connectivity index (χ3v) is 4.93. The molecule has 1 unspecified atom stereocenters. The van der Waals surface area contributed by atoms with Gasteiger partial charge in [-0.3, -0.25) is 4.98 Å². The average molecular weight is 290 g/mol. The number of aromatic nitrogens is 1. The first-order chi connectivity index (χ1) is 10.2. The fourth-order valence-corrected chi connectivity index (χ4v) is 3.69. The Morgan fingerprint density at radius 3 is 2.67 bits per heavy atom. The molecule has 2 rings (SSSR count). The fraction of sp³-hybridized carbons (Fsp3) is 0.722. The molecule has 118 valence electrons. The molecule has 0 spiro atoms. The number of pyridine rings is 1. The Morgan fingerprint density at radius 2 is 2.05 bits per heavy atom. The first-order valence-corrected chi connectivity index (χ1v) is 8.37. The highest BCUT2D eigenvalue weighted by Gasteiger charge is 2.26. The second-order valence-electron chi connectivity index (χ2n) is 6.36. The smallest absolute Gasteiger partial charge is 0.128 e. The van der Waals surface area contributed by atoms with Gasteiger partial charge in [0.15, 0.2) is 0 Å². The van der Waals surface area contributed by atoms with Crippen molar-refractivity contribution in [3.63, 3.8) is 0 Å². The van der Waals surface area contributed by atoms with E-state index >= 15 is 0 Å². The summed E-state index contributed by atoms with van der Waals surface area (Å²) in [6.07, 6.45) is 8.60. The van der Waals surface area contributed by atoms with Crippen LogP contribution < -0.4 is 10.1 Å². The molecule has 1 N–H and O–H groups in total. The van der Waals surface area contributed by atoms with E-state index in [-0.39, 0.29) is 0 Å². The zero-order valence-electron chi connectivity index (χ0n) is 14.0. The van der Waals surface area contributed by atoms with Crippen LogP contribution >= 0.6 is 0 Å². The van der Waals surface area contributed by atoms with Crippen molar-refractivity contribution in [1.29, 1.82) is 0 Å². The van der Waals surface area contributed by atoms with Crippen molar-refractivity contribution >= 4 is 0 Å². The molecule has 0 radical (unpaired) electrons. The number of hydrogen-bond acceptors (Lipinski definition) is 3. The van der Waals surface area contributed by atoms with Crippen LogP contribution in [0.5, 0.6) is 5.75 Å². The van der Waals surface area contributed by atoms with Crippen molar-refractivity contribution in [2.24, 2.45) is 11.8 Å². The van der Waals surface area contributed by atoms with Crippen LogP contribution in [0.15, 0.2) is 6.20 Å². The second-order valence-corrected chi connectivity index (χ2v) is 6.36. The van der Waals surface area contributed by atoms with Gasteiger partial charge in [-0.2, -0.15) is 0 Å². The fourth-order valence-electron chi connectivity index (χ4n) is 3.69. The summed E-state index contributed by atoms with van der Waals surface area (Å²) in [5.74, 6) is 2.57. The maximum atomic E-state index is 5.55. The number of nitrogens with zero attached hydrogens (tertiary/aromatic N) is 1. The maximum Gasteiger partial charge on any atom is 0.128 e. The summed E-state index contributed by atoms with van der Waals surface area (Å²) in [4.78, 5) is 4.70. The number of methoxy groups -OCH3 is 1. The Kier molecular flexibility index (Phi) is 6.04. The van der Waals surface area contributed by atoms with E-state index in [4.69, 9.17) is 9.72 Å². The Balaban J connectivity index is 2.15. The molecule has 0 bridgehead atoms. The van der Waals surface area contributed by atoms with Crippen LogP contribution in [0.3, 0.4) is 0 Å². The molecule has 0 saturated heterocycles. The van der Waals surface area contributed by atoms with E-state index in [9.17, 15) is 0 Å². The summed E-state index contributed by atoms with van der Waals surface area (Å²) in [6.45, 7) is 8.55. The molecule has 1 fully saturated rings. The third-order valence-electron chi connectivity index (χ3n) is 4.93. The standard InChI is InChI=1S/C18H30N2O/c1-5-19-12-16(15-8-6-7-9-15)10-17-14(3)18(21-4)13(2)11-20-17/h11,15-16,19H,5-10,12H2,1-4H3. The van der Waals surface area contributed by atoms with E-state index in [1.165, 1.54) is 36.9 Å². The van der Waals surface area contributed by atoms with Crippen LogP contribution in [0, 0.1) is 25.7 Å². The predicted octanol–water partition coefficient (Wildman–Crippen LogP) is 3.67. The number of ether oxygens (including phenoxy) is 1. The van der Waals surface area contributed by atoms with Gasteiger partial charge in [-0.1, -0.05) is 32.6 Å². The van der Waals surface area contributed by atoms with Gasteiger partial charge in [0, 0.05) is 23.0 Å². The molecule has 1 aromatic heterocycles. The summed E-state index contributed by atoms with van der Waals surface area (Å²) in [5.41, 5.74) is 3.56. The van der Waals surface area contributed by atoms with Crippen LogP contribution in [0.25, 0.3) is 0 Å². The summed E-state index contributed by atoms with van der Waals surface area (Å²) in [7, 11) is 1.76. The van der Waals surface area contributed by atoms with E-state index in [0.717, 1.165) is 36.7 Å². The predicted molar refractivity (Wildman–Crippen MR) is 88.0 cm³/mol. The van der Waals surface area contributed by atoms with Gasteiger partial charge >= 0.3 is 0 Å². The van der Waals surface area contributed by atoms with Crippen molar-refractivity contribution in [2.45, 2.75) is 52.9 Å². The molecule has 1 aliphatic rings. The lowest BCUT2D eigenvalue weighted by atomic mass is 9.86. The van der Waals surface area contributed by atoms with Crippen LogP contribution in [0.2, 0.25) is 0 Å². The molecule has 0 aliphatic heterocycles. The highest BCUT2D eigenvalue weighted by molar-refractivity contribution is 5.41. The molecule has 1 aliphatic carbocycles. The topological polar surface area (TPSA) is 34.2 Å². The van der Waals surface area contributed by atoms with Crippen LogP contribution in [-0.2, 0) is 6.42 Å². The summed E-state index contributed by atoms with van der Waals surface area (Å²) < 4.78 is 5.55. The summed E-state index contributed by atoms with van der Waals surface area (Å²) in [5, 5.41) is 3.55. The quantitative estimate of drug-likeness (QED) is 0.832. The van der Waals surface area contributed by atoms with Crippen molar-refractivity contribution in [3.05, 3.63) is 23.0 Å². The molecule has 0 amide bonds. The Morgan fingerprint density at radius 1 is 1.33 bits per heavy atom. The Bertz CT molecular complexity index is 453. The number of aryl methyl sites for hydroxylation is 1. The first kappa shape index (κ1) is 16.3. The molecule has 1 heterocycles. The lowest BCUT2D eigenvalue weighted by molar-refractivity contribution is 0.319. The van der Waals surface area contributed by atoms with Crippen LogP contribution in [0.1, 0.15) is 49.4 Å². The third kappa shape index (κ3) is 3.97. The van der Waals surface area contributed by atoms with Gasteiger partial charge in [0.1, 0.15) is 5.75 Å². The number of hydrogen-bond donors (Lipinski definition) is 1. The monoisotopic (exact) mass is 290 g/mol. The lowest BCUT2D eigenvalue weighted by Crippen LogP contribution is -2.29. The molecule has 3 heteroatoms. The van der Waals surface area contributed by atoms with Gasteiger partial charge < -0.3 is 10.1 Å². The first-order valence-electron chi connectivity index (χ1n) is 8.37. The minimum Gasteiger partial charge on any atom is -0.496 e. The zero-order chi connectivity index (χ0) is 15.2. The van der Waals surface area contributed by atoms with Crippen LogP contribution in [-0.4, -0.2) is 25.2 Å². The average Bonchev–Trinajstić information content (AvgIpc) is 3.00. The highest BCUT2D eigenvalue weighted by Crippen LogP contribution is 2.34. The van der Waals surface area contributed by atoms with Crippen LogP contribution in [0.4, 0.5) is 0 Å². The van der Waals surface area contributed by atoms with E-state index in [1.807, 2.05) is 6.20 Å². The zero-order valence-corrected chi connectivity index (χ0v) is 14.0. The SMILES string of the molecule is CCNCC(Cc1ncc(C)c(OC)c1C)C1CCCC1. The summed E-state index contributed by atoms with van der Waals surface area (Å²) >= 11 is 0. The van der Waals surface area contributed by atoms with Gasteiger partial charge in [-0.15, -0.1) is 0 Å². The minimum atomic E-state index is 0.700. The highest BCUT2D eigenvalue weighted by atomic mass is 16.5. The number of nitrogens with one attached hydrogen (secondary N) is 1.